The molecule has 0 saturated heterocycles. The van der Waals surface area contributed by atoms with Crippen molar-refractivity contribution in [3.63, 3.8) is 0 Å². The van der Waals surface area contributed by atoms with E-state index in [0.717, 1.165) is 39.4 Å². The number of imidazole rings is 1. The number of rotatable bonds is 6. The lowest BCUT2D eigenvalue weighted by molar-refractivity contribution is -0.116. The third-order valence-corrected chi connectivity index (χ3v) is 4.90. The number of nitrogens with zero attached hydrogens (tertiary/aromatic N) is 2. The summed E-state index contributed by atoms with van der Waals surface area (Å²) >= 11 is 0. The molecule has 1 amide bonds. The highest BCUT2D eigenvalue weighted by Crippen LogP contribution is 2.21. The summed E-state index contributed by atoms with van der Waals surface area (Å²) in [7, 11) is 0. The number of hydrogen-bond acceptors (Lipinski definition) is 3. The van der Waals surface area contributed by atoms with Gasteiger partial charge in [0.05, 0.1) is 11.0 Å². The van der Waals surface area contributed by atoms with Crippen LogP contribution in [0, 0.1) is 13.8 Å². The Balaban J connectivity index is 1.59. The molecular weight excluding hydrogens is 362 g/mol. The molecule has 0 fully saturated rings. The van der Waals surface area contributed by atoms with E-state index in [-0.39, 0.29) is 19.1 Å². The van der Waals surface area contributed by atoms with Gasteiger partial charge in [-0.25, -0.2) is 4.98 Å². The monoisotopic (exact) mass is 385 g/mol. The first-order valence-electron chi connectivity index (χ1n) is 9.60. The molecule has 146 valence electrons. The molecule has 0 spiro atoms. The predicted molar refractivity (Wildman–Crippen MR) is 115 cm³/mol. The van der Waals surface area contributed by atoms with Crippen LogP contribution in [0.1, 0.15) is 17.0 Å². The van der Waals surface area contributed by atoms with Gasteiger partial charge in [0.2, 0.25) is 5.91 Å². The number of hydrogen-bond donors (Lipinski definition) is 1. The predicted octanol–water partition coefficient (Wildman–Crippen LogP) is 4.87. The van der Waals surface area contributed by atoms with Crippen LogP contribution in [-0.2, 0) is 17.9 Å². The number of aromatic nitrogens is 2. The van der Waals surface area contributed by atoms with Crippen LogP contribution in [0.2, 0.25) is 0 Å². The number of ether oxygens (including phenoxy) is 1. The Hall–Kier alpha value is -3.60. The molecule has 0 aliphatic heterocycles. The molecule has 1 aromatic heterocycles. The number of aryl methyl sites for hydroxylation is 2. The summed E-state index contributed by atoms with van der Waals surface area (Å²) in [5.41, 5.74) is 4.67. The van der Waals surface area contributed by atoms with Gasteiger partial charge in [0.1, 0.15) is 24.7 Å². The summed E-state index contributed by atoms with van der Waals surface area (Å²) < 4.78 is 7.91. The van der Waals surface area contributed by atoms with Gasteiger partial charge in [-0.3, -0.25) is 4.79 Å². The van der Waals surface area contributed by atoms with E-state index in [1.807, 2.05) is 91.2 Å². The molecule has 0 unspecified atom stereocenters. The third-order valence-electron chi connectivity index (χ3n) is 4.90. The van der Waals surface area contributed by atoms with Gasteiger partial charge in [-0.15, -0.1) is 0 Å². The number of para-hydroxylation sites is 4. The summed E-state index contributed by atoms with van der Waals surface area (Å²) in [6.45, 7) is 4.44. The van der Waals surface area contributed by atoms with Crippen LogP contribution in [-0.4, -0.2) is 15.5 Å². The van der Waals surface area contributed by atoms with Crippen molar-refractivity contribution in [3.05, 3.63) is 89.7 Å². The standard InChI is InChI=1S/C24H23N3O2/c1-17-9-3-5-11-19(17)26-24(28)15-27-21-13-7-6-12-20(21)25-23(27)16-29-22-14-8-4-10-18(22)2/h3-14H,15-16H2,1-2H3,(H,26,28). The van der Waals surface area contributed by atoms with Crippen molar-refractivity contribution in [2.45, 2.75) is 27.0 Å². The molecule has 1 N–H and O–H groups in total. The van der Waals surface area contributed by atoms with E-state index in [1.165, 1.54) is 0 Å². The average Bonchev–Trinajstić information content (AvgIpc) is 3.06. The van der Waals surface area contributed by atoms with Crippen molar-refractivity contribution in [2.24, 2.45) is 0 Å². The van der Waals surface area contributed by atoms with Gasteiger partial charge in [-0.1, -0.05) is 48.5 Å². The molecule has 4 rings (SSSR count). The first kappa shape index (κ1) is 18.7. The third kappa shape index (κ3) is 4.14. The largest absolute Gasteiger partial charge is 0.485 e. The Morgan fingerprint density at radius 3 is 2.41 bits per heavy atom. The Labute approximate surface area is 170 Å². The highest BCUT2D eigenvalue weighted by molar-refractivity contribution is 5.92. The van der Waals surface area contributed by atoms with Gasteiger partial charge < -0.3 is 14.6 Å². The van der Waals surface area contributed by atoms with Crippen molar-refractivity contribution in [3.8, 4) is 5.75 Å². The van der Waals surface area contributed by atoms with Crippen molar-refractivity contribution in [1.82, 2.24) is 9.55 Å². The fourth-order valence-corrected chi connectivity index (χ4v) is 3.32. The zero-order chi connectivity index (χ0) is 20.2. The highest BCUT2D eigenvalue weighted by atomic mass is 16.5. The average molecular weight is 385 g/mol. The van der Waals surface area contributed by atoms with Crippen molar-refractivity contribution < 1.29 is 9.53 Å². The smallest absolute Gasteiger partial charge is 0.244 e. The normalized spacial score (nSPS) is 10.8. The molecule has 0 aliphatic carbocycles. The van der Waals surface area contributed by atoms with Gasteiger partial charge in [-0.05, 0) is 49.2 Å². The summed E-state index contributed by atoms with van der Waals surface area (Å²) in [6.07, 6.45) is 0. The lowest BCUT2D eigenvalue weighted by Gasteiger charge is -2.13. The van der Waals surface area contributed by atoms with Crippen LogP contribution < -0.4 is 10.1 Å². The number of carbonyl (C=O) groups excluding carboxylic acids is 1. The van der Waals surface area contributed by atoms with Crippen LogP contribution in [0.25, 0.3) is 11.0 Å². The second kappa shape index (κ2) is 8.19. The van der Waals surface area contributed by atoms with Crippen LogP contribution in [0.4, 0.5) is 5.69 Å². The second-order valence-electron chi connectivity index (χ2n) is 7.02. The molecule has 29 heavy (non-hydrogen) atoms. The first-order chi connectivity index (χ1) is 14.1. The maximum Gasteiger partial charge on any atom is 0.244 e. The Morgan fingerprint density at radius 2 is 1.62 bits per heavy atom. The fourth-order valence-electron chi connectivity index (χ4n) is 3.32. The van der Waals surface area contributed by atoms with E-state index >= 15 is 0 Å². The molecule has 1 heterocycles. The summed E-state index contributed by atoms with van der Waals surface area (Å²) in [6, 6.07) is 23.4. The summed E-state index contributed by atoms with van der Waals surface area (Å²) in [4.78, 5) is 17.4. The molecule has 0 bridgehead atoms. The molecular formula is C24H23N3O2. The molecule has 0 saturated carbocycles. The van der Waals surface area contributed by atoms with Gasteiger partial charge >= 0.3 is 0 Å². The van der Waals surface area contributed by atoms with Gasteiger partial charge in [0.25, 0.3) is 0 Å². The number of anilines is 1. The zero-order valence-corrected chi connectivity index (χ0v) is 16.6. The second-order valence-corrected chi connectivity index (χ2v) is 7.02. The number of amides is 1. The summed E-state index contributed by atoms with van der Waals surface area (Å²) in [5, 5.41) is 2.99. The maximum absolute atomic E-state index is 12.8. The molecule has 0 atom stereocenters. The topological polar surface area (TPSA) is 56.2 Å². The van der Waals surface area contributed by atoms with Crippen LogP contribution in [0.5, 0.6) is 5.75 Å². The minimum absolute atomic E-state index is 0.0976. The molecule has 5 heteroatoms. The maximum atomic E-state index is 12.8. The van der Waals surface area contributed by atoms with E-state index < -0.39 is 0 Å². The van der Waals surface area contributed by atoms with Gasteiger partial charge in [0.15, 0.2) is 0 Å². The lowest BCUT2D eigenvalue weighted by Crippen LogP contribution is -2.21. The molecule has 0 aliphatic rings. The van der Waals surface area contributed by atoms with Crippen LogP contribution in [0.15, 0.2) is 72.8 Å². The SMILES string of the molecule is Cc1ccccc1NC(=O)Cn1c(COc2ccccc2C)nc2ccccc21. The van der Waals surface area contributed by atoms with Crippen LogP contribution in [0.3, 0.4) is 0 Å². The minimum Gasteiger partial charge on any atom is -0.485 e. The van der Waals surface area contributed by atoms with E-state index in [9.17, 15) is 4.79 Å². The Bertz CT molecular complexity index is 1160. The number of benzene rings is 3. The van der Waals surface area contributed by atoms with Crippen molar-refractivity contribution >= 4 is 22.6 Å². The molecule has 3 aromatic carbocycles. The van der Waals surface area contributed by atoms with E-state index in [2.05, 4.69) is 5.32 Å². The lowest BCUT2D eigenvalue weighted by atomic mass is 10.2. The first-order valence-corrected chi connectivity index (χ1v) is 9.60. The van der Waals surface area contributed by atoms with Crippen LogP contribution >= 0.6 is 0 Å². The quantitative estimate of drug-likeness (QED) is 0.515. The van der Waals surface area contributed by atoms with E-state index in [0.29, 0.717) is 0 Å². The van der Waals surface area contributed by atoms with Gasteiger partial charge in [0, 0.05) is 5.69 Å². The number of nitrogens with one attached hydrogen (secondary N) is 1. The van der Waals surface area contributed by atoms with Crippen molar-refractivity contribution in [2.75, 3.05) is 5.32 Å². The molecule has 0 radical (unpaired) electrons. The van der Waals surface area contributed by atoms with Gasteiger partial charge in [-0.2, -0.15) is 0 Å². The molecule has 5 nitrogen and oxygen atoms in total. The summed E-state index contributed by atoms with van der Waals surface area (Å²) in [5.74, 6) is 1.43. The van der Waals surface area contributed by atoms with E-state index in [1.54, 1.807) is 0 Å². The highest BCUT2D eigenvalue weighted by Gasteiger charge is 2.15. The molecule has 4 aromatic rings. The number of carbonyl (C=O) groups is 1. The Kier molecular flexibility index (Phi) is 5.29. The van der Waals surface area contributed by atoms with Crippen molar-refractivity contribution in [1.29, 1.82) is 0 Å². The Morgan fingerprint density at radius 1 is 0.931 bits per heavy atom. The van der Waals surface area contributed by atoms with E-state index in [4.69, 9.17) is 9.72 Å². The zero-order valence-electron chi connectivity index (χ0n) is 16.6. The fraction of sp³-hybridized carbons (Fsp3) is 0.167. The minimum atomic E-state index is -0.0976. The number of fused-ring (bicyclic) bond motifs is 1.